The number of hydrogen-bond donors (Lipinski definition) is 4. The molecule has 4 N–H and O–H groups in total. The van der Waals surface area contributed by atoms with Gasteiger partial charge in [-0.2, -0.15) is 0 Å². The summed E-state index contributed by atoms with van der Waals surface area (Å²) in [5.74, 6) is 0.137. The minimum absolute atomic E-state index is 0.00119. The van der Waals surface area contributed by atoms with Gasteiger partial charge in [-0.15, -0.1) is 0 Å². The largest absolute Gasteiger partial charge is 0.393 e. The monoisotopic (exact) mass is 438 g/mol. The van der Waals surface area contributed by atoms with Crippen LogP contribution in [0.1, 0.15) is 49.7 Å². The van der Waals surface area contributed by atoms with Gasteiger partial charge in [0.1, 0.15) is 0 Å². The molecule has 6 nitrogen and oxygen atoms in total. The molecule has 2 aliphatic carbocycles. The minimum atomic E-state index is -0.285. The van der Waals surface area contributed by atoms with E-state index in [1.807, 2.05) is 60.7 Å². The molecule has 2 amide bonds. The lowest BCUT2D eigenvalue weighted by molar-refractivity contribution is -0.125. The van der Waals surface area contributed by atoms with E-state index in [4.69, 9.17) is 0 Å². The molecule has 0 aromatic heterocycles. The second-order valence-corrected chi connectivity index (χ2v) is 8.73. The van der Waals surface area contributed by atoms with E-state index in [1.54, 1.807) is 0 Å². The van der Waals surface area contributed by atoms with Crippen LogP contribution in [-0.2, 0) is 22.7 Å². The van der Waals surface area contributed by atoms with Gasteiger partial charge in [0, 0.05) is 24.9 Å². The number of aliphatic hydroxyl groups is 2. The zero-order chi connectivity index (χ0) is 22.8. The van der Waals surface area contributed by atoms with Crippen molar-refractivity contribution in [1.82, 2.24) is 10.6 Å². The van der Waals surface area contributed by atoms with Gasteiger partial charge in [-0.05, 0) is 49.7 Å². The predicted molar refractivity (Wildman–Crippen MR) is 123 cm³/mol. The molecule has 4 rings (SSSR count). The number of rotatable bonds is 6. The van der Waals surface area contributed by atoms with Gasteiger partial charge in [0.25, 0.3) is 0 Å². The summed E-state index contributed by atoms with van der Waals surface area (Å²) in [5, 5.41) is 24.5. The van der Waals surface area contributed by atoms with Crippen LogP contribution in [0.2, 0.25) is 0 Å². The minimum Gasteiger partial charge on any atom is -0.393 e. The summed E-state index contributed by atoms with van der Waals surface area (Å²) in [4.78, 5) is 23.5. The van der Waals surface area contributed by atoms with Gasteiger partial charge in [0.05, 0.1) is 12.2 Å². The summed E-state index contributed by atoms with van der Waals surface area (Å²) in [6.45, 7) is 1.15. The number of carbonyl (C=O) groups is 2. The first-order chi connectivity index (χ1) is 15.5. The molecular formula is C26H34N2O4. The number of carbonyl (C=O) groups excluding carboxylic acids is 2. The normalized spacial score (nSPS) is 24.3. The molecule has 0 aliphatic heterocycles. The highest BCUT2D eigenvalue weighted by Crippen LogP contribution is 2.26. The van der Waals surface area contributed by atoms with E-state index < -0.39 is 0 Å². The van der Waals surface area contributed by atoms with Crippen molar-refractivity contribution < 1.29 is 19.8 Å². The molecular weight excluding hydrogens is 404 g/mol. The van der Waals surface area contributed by atoms with Crippen molar-refractivity contribution in [3.05, 3.63) is 71.8 Å². The topological polar surface area (TPSA) is 98.7 Å². The molecule has 32 heavy (non-hydrogen) atoms. The van der Waals surface area contributed by atoms with E-state index in [0.29, 0.717) is 25.9 Å². The third kappa shape index (κ3) is 7.77. The van der Waals surface area contributed by atoms with E-state index in [-0.39, 0.29) is 35.9 Å². The van der Waals surface area contributed by atoms with E-state index in [9.17, 15) is 19.8 Å². The van der Waals surface area contributed by atoms with Crippen LogP contribution in [0.15, 0.2) is 60.7 Å². The summed E-state index contributed by atoms with van der Waals surface area (Å²) in [7, 11) is 0. The maximum Gasteiger partial charge on any atom is 0.223 e. The smallest absolute Gasteiger partial charge is 0.223 e. The van der Waals surface area contributed by atoms with Crippen molar-refractivity contribution in [3.63, 3.8) is 0 Å². The summed E-state index contributed by atoms with van der Waals surface area (Å²) < 4.78 is 0. The molecule has 6 heteroatoms. The van der Waals surface area contributed by atoms with Crippen LogP contribution in [0, 0.1) is 11.8 Å². The molecule has 2 aromatic carbocycles. The third-order valence-electron chi connectivity index (χ3n) is 6.17. The molecule has 4 atom stereocenters. The van der Waals surface area contributed by atoms with Crippen molar-refractivity contribution in [1.29, 1.82) is 0 Å². The Morgan fingerprint density at radius 3 is 1.34 bits per heavy atom. The van der Waals surface area contributed by atoms with Crippen molar-refractivity contribution in [2.75, 3.05) is 0 Å². The third-order valence-corrected chi connectivity index (χ3v) is 6.17. The Morgan fingerprint density at radius 1 is 0.656 bits per heavy atom. The molecule has 0 radical (unpaired) electrons. The molecule has 0 saturated heterocycles. The van der Waals surface area contributed by atoms with Gasteiger partial charge in [-0.3, -0.25) is 9.59 Å². The first-order valence-electron chi connectivity index (χ1n) is 11.5. The Balaban J connectivity index is 0.000000181. The quantitative estimate of drug-likeness (QED) is 0.557. The molecule has 2 aromatic rings. The average molecular weight is 439 g/mol. The summed E-state index contributed by atoms with van der Waals surface area (Å²) in [6, 6.07) is 19.7. The molecule has 172 valence electrons. The fraction of sp³-hybridized carbons (Fsp3) is 0.462. The van der Waals surface area contributed by atoms with Crippen molar-refractivity contribution in [2.45, 2.75) is 63.8 Å². The Hall–Kier alpha value is -2.70. The number of nitrogens with one attached hydrogen (secondary N) is 2. The Morgan fingerprint density at radius 2 is 1.03 bits per heavy atom. The number of amides is 2. The Bertz CT molecular complexity index is 772. The predicted octanol–water partition coefficient (Wildman–Crippen LogP) is 2.93. The summed E-state index contributed by atoms with van der Waals surface area (Å²) >= 11 is 0. The van der Waals surface area contributed by atoms with Crippen LogP contribution in [0.5, 0.6) is 0 Å². The highest BCUT2D eigenvalue weighted by Gasteiger charge is 2.29. The van der Waals surface area contributed by atoms with Crippen molar-refractivity contribution >= 4 is 11.8 Å². The van der Waals surface area contributed by atoms with Crippen LogP contribution < -0.4 is 10.6 Å². The lowest BCUT2D eigenvalue weighted by Gasteiger charge is -2.10. The van der Waals surface area contributed by atoms with Crippen LogP contribution in [0.3, 0.4) is 0 Å². The van der Waals surface area contributed by atoms with Crippen LogP contribution >= 0.6 is 0 Å². The maximum atomic E-state index is 11.7. The maximum absolute atomic E-state index is 11.7. The average Bonchev–Trinajstić information content (AvgIpc) is 3.46. The van der Waals surface area contributed by atoms with Crippen LogP contribution in [0.25, 0.3) is 0 Å². The Labute approximate surface area is 190 Å². The van der Waals surface area contributed by atoms with Gasteiger partial charge in [0.15, 0.2) is 0 Å². The van der Waals surface area contributed by atoms with E-state index >= 15 is 0 Å². The zero-order valence-corrected chi connectivity index (χ0v) is 18.5. The highest BCUT2D eigenvalue weighted by molar-refractivity contribution is 5.79. The molecule has 2 saturated carbocycles. The van der Waals surface area contributed by atoms with Crippen molar-refractivity contribution in [2.24, 2.45) is 11.8 Å². The summed E-state index contributed by atoms with van der Waals surface area (Å²) in [6.07, 6.45) is 3.78. The lowest BCUT2D eigenvalue weighted by Crippen LogP contribution is -2.29. The fourth-order valence-electron chi connectivity index (χ4n) is 4.25. The van der Waals surface area contributed by atoms with E-state index in [1.165, 1.54) is 0 Å². The summed E-state index contributed by atoms with van der Waals surface area (Å²) in [5.41, 5.74) is 2.21. The molecule has 2 aliphatic rings. The second-order valence-electron chi connectivity index (χ2n) is 8.73. The first kappa shape index (κ1) is 24.0. The highest BCUT2D eigenvalue weighted by atomic mass is 16.3. The number of aliphatic hydroxyl groups excluding tert-OH is 2. The fourth-order valence-corrected chi connectivity index (χ4v) is 4.25. The first-order valence-corrected chi connectivity index (χ1v) is 11.5. The number of benzene rings is 2. The van der Waals surface area contributed by atoms with Crippen LogP contribution in [0.4, 0.5) is 0 Å². The van der Waals surface area contributed by atoms with Gasteiger partial charge >= 0.3 is 0 Å². The number of hydrogen-bond acceptors (Lipinski definition) is 4. The second kappa shape index (κ2) is 12.4. The molecule has 0 heterocycles. The van der Waals surface area contributed by atoms with Gasteiger partial charge < -0.3 is 20.8 Å². The standard InChI is InChI=1S/2C13H17NO2/c2*15-12-7-6-11(8-12)13(16)14-9-10-4-2-1-3-5-10/h2*1-5,11-12,15H,6-9H2,(H,14,16)/t2*11-,12-/m10/s1. The van der Waals surface area contributed by atoms with Gasteiger partial charge in [-0.25, -0.2) is 0 Å². The zero-order valence-electron chi connectivity index (χ0n) is 18.5. The molecule has 0 spiro atoms. The lowest BCUT2D eigenvalue weighted by atomic mass is 10.1. The molecule has 2 fully saturated rings. The van der Waals surface area contributed by atoms with E-state index in [0.717, 1.165) is 36.8 Å². The SMILES string of the molecule is O=C(NCc1ccccc1)[C@@H]1CC[C@@H](O)C1.O=C(NCc1ccccc1)[C@H]1CC[C@H](O)C1. The molecule has 0 unspecified atom stereocenters. The van der Waals surface area contributed by atoms with Gasteiger partial charge in [-0.1, -0.05) is 60.7 Å². The van der Waals surface area contributed by atoms with Crippen molar-refractivity contribution in [3.8, 4) is 0 Å². The van der Waals surface area contributed by atoms with E-state index in [2.05, 4.69) is 10.6 Å². The van der Waals surface area contributed by atoms with Crippen LogP contribution in [-0.4, -0.2) is 34.2 Å². The van der Waals surface area contributed by atoms with Gasteiger partial charge in [0.2, 0.25) is 11.8 Å². The Kier molecular flexibility index (Phi) is 9.26. The molecule has 0 bridgehead atoms.